The third kappa shape index (κ3) is 5.31. The second-order valence-corrected chi connectivity index (χ2v) is 9.16. The van der Waals surface area contributed by atoms with Crippen molar-refractivity contribution in [1.29, 1.82) is 0 Å². The van der Waals surface area contributed by atoms with Gasteiger partial charge in [-0.1, -0.05) is 30.3 Å². The van der Waals surface area contributed by atoms with Crippen LogP contribution in [0.1, 0.15) is 16.7 Å². The average Bonchev–Trinajstić information content (AvgIpc) is 3.07. The van der Waals surface area contributed by atoms with Crippen molar-refractivity contribution in [2.24, 2.45) is 0 Å². The van der Waals surface area contributed by atoms with Crippen molar-refractivity contribution in [1.82, 2.24) is 4.90 Å². The number of ether oxygens (including phenoxy) is 2. The Hall–Kier alpha value is -3.17. The van der Waals surface area contributed by atoms with E-state index in [2.05, 4.69) is 15.9 Å². The van der Waals surface area contributed by atoms with Gasteiger partial charge in [-0.15, -0.1) is 0 Å². The van der Waals surface area contributed by atoms with Gasteiger partial charge >= 0.3 is 0 Å². The summed E-state index contributed by atoms with van der Waals surface area (Å²) < 4.78 is 39.0. The maximum Gasteiger partial charge on any atom is 0.293 e. The van der Waals surface area contributed by atoms with Crippen LogP contribution in [-0.4, -0.2) is 23.2 Å². The molecule has 1 heterocycles. The Morgan fingerprint density at radius 3 is 2.50 bits per heavy atom. The van der Waals surface area contributed by atoms with Crippen molar-refractivity contribution in [2.45, 2.75) is 13.2 Å². The molecule has 4 rings (SSSR count). The number of imide groups is 1. The van der Waals surface area contributed by atoms with Crippen molar-refractivity contribution >= 4 is 44.9 Å². The van der Waals surface area contributed by atoms with Crippen LogP contribution in [0.5, 0.6) is 11.5 Å². The lowest BCUT2D eigenvalue weighted by molar-refractivity contribution is -0.123. The average molecular weight is 546 g/mol. The molecule has 0 aliphatic carbocycles. The Morgan fingerprint density at radius 1 is 1.06 bits per heavy atom. The van der Waals surface area contributed by atoms with Crippen LogP contribution < -0.4 is 9.47 Å². The first-order valence-electron chi connectivity index (χ1n) is 10.1. The molecule has 0 spiro atoms. The van der Waals surface area contributed by atoms with Crippen LogP contribution in [-0.2, 0) is 17.9 Å². The molecule has 0 atom stereocenters. The highest BCUT2D eigenvalue weighted by molar-refractivity contribution is 9.10. The minimum Gasteiger partial charge on any atom is -0.493 e. The molecule has 2 amide bonds. The molecule has 0 aromatic heterocycles. The largest absolute Gasteiger partial charge is 0.493 e. The normalized spacial score (nSPS) is 14.7. The van der Waals surface area contributed by atoms with Gasteiger partial charge in [0.2, 0.25) is 0 Å². The molecular weight excluding hydrogens is 528 g/mol. The zero-order chi connectivity index (χ0) is 24.2. The number of methoxy groups -OCH3 is 1. The molecule has 3 aromatic carbocycles. The van der Waals surface area contributed by atoms with Gasteiger partial charge in [0.25, 0.3) is 11.1 Å². The summed E-state index contributed by atoms with van der Waals surface area (Å²) in [5, 5.41) is -0.468. The fourth-order valence-electron chi connectivity index (χ4n) is 3.28. The third-order valence-electron chi connectivity index (χ3n) is 5.01. The molecule has 9 heteroatoms. The second-order valence-electron chi connectivity index (χ2n) is 7.31. The zero-order valence-corrected chi connectivity index (χ0v) is 20.3. The number of thioether (sulfide) groups is 1. The summed E-state index contributed by atoms with van der Waals surface area (Å²) in [5.74, 6) is -0.449. The number of carbonyl (C=O) groups is 2. The summed E-state index contributed by atoms with van der Waals surface area (Å²) in [4.78, 5) is 26.5. The van der Waals surface area contributed by atoms with Gasteiger partial charge in [-0.05, 0) is 75.2 Å². The summed E-state index contributed by atoms with van der Waals surface area (Å²) in [6.45, 7) is 0.0569. The lowest BCUT2D eigenvalue weighted by atomic mass is 10.1. The highest BCUT2D eigenvalue weighted by Gasteiger charge is 2.35. The van der Waals surface area contributed by atoms with E-state index in [0.29, 0.717) is 21.5 Å². The van der Waals surface area contributed by atoms with E-state index in [1.54, 1.807) is 42.5 Å². The second kappa shape index (κ2) is 10.4. The fourth-order valence-corrected chi connectivity index (χ4v) is 4.70. The van der Waals surface area contributed by atoms with Crippen LogP contribution in [0.15, 0.2) is 70.0 Å². The van der Waals surface area contributed by atoms with Gasteiger partial charge in [0.15, 0.2) is 11.5 Å². The van der Waals surface area contributed by atoms with Crippen molar-refractivity contribution in [3.63, 3.8) is 0 Å². The van der Waals surface area contributed by atoms with E-state index in [1.165, 1.54) is 31.4 Å². The highest BCUT2D eigenvalue weighted by atomic mass is 79.9. The molecular formula is C25H18BrF2NO4S. The van der Waals surface area contributed by atoms with Gasteiger partial charge in [0, 0.05) is 5.56 Å². The van der Waals surface area contributed by atoms with Crippen molar-refractivity contribution in [3.05, 3.63) is 98.4 Å². The molecule has 0 saturated carbocycles. The van der Waals surface area contributed by atoms with E-state index < -0.39 is 17.0 Å². The number of amides is 2. The van der Waals surface area contributed by atoms with Crippen molar-refractivity contribution in [3.8, 4) is 11.5 Å². The lowest BCUT2D eigenvalue weighted by Gasteiger charge is -2.14. The minimum absolute atomic E-state index is 0.141. The van der Waals surface area contributed by atoms with E-state index in [1.807, 2.05) is 0 Å². The summed E-state index contributed by atoms with van der Waals surface area (Å²) in [6, 6.07) is 15.4. The molecule has 0 unspecified atom stereocenters. The predicted molar refractivity (Wildman–Crippen MR) is 129 cm³/mol. The molecule has 1 aliphatic rings. The number of carbonyl (C=O) groups excluding carboxylic acids is 2. The van der Waals surface area contributed by atoms with Gasteiger partial charge < -0.3 is 9.47 Å². The van der Waals surface area contributed by atoms with Gasteiger partial charge in [0.05, 0.1) is 23.0 Å². The van der Waals surface area contributed by atoms with E-state index >= 15 is 0 Å². The van der Waals surface area contributed by atoms with Gasteiger partial charge in [-0.25, -0.2) is 8.78 Å². The first-order chi connectivity index (χ1) is 16.4. The van der Waals surface area contributed by atoms with E-state index in [-0.39, 0.29) is 29.4 Å². The van der Waals surface area contributed by atoms with Crippen LogP contribution in [0.25, 0.3) is 6.08 Å². The predicted octanol–water partition coefficient (Wildman–Crippen LogP) is 6.55. The van der Waals surface area contributed by atoms with Gasteiger partial charge in [0.1, 0.15) is 18.2 Å². The zero-order valence-electron chi connectivity index (χ0n) is 17.9. The molecule has 1 fully saturated rings. The van der Waals surface area contributed by atoms with Crippen LogP contribution in [0, 0.1) is 11.6 Å². The van der Waals surface area contributed by atoms with Crippen LogP contribution in [0.4, 0.5) is 13.6 Å². The summed E-state index contributed by atoms with van der Waals surface area (Å²) in [6.07, 6.45) is 1.57. The van der Waals surface area contributed by atoms with E-state index in [0.717, 1.165) is 22.2 Å². The van der Waals surface area contributed by atoms with Gasteiger partial charge in [-0.3, -0.25) is 14.5 Å². The summed E-state index contributed by atoms with van der Waals surface area (Å²) in [7, 11) is 1.48. The first kappa shape index (κ1) is 24.0. The number of rotatable bonds is 7. The topological polar surface area (TPSA) is 55.8 Å². The fraction of sp³-hybridized carbons (Fsp3) is 0.120. The first-order valence-corrected chi connectivity index (χ1v) is 11.7. The Morgan fingerprint density at radius 2 is 1.79 bits per heavy atom. The highest BCUT2D eigenvalue weighted by Crippen LogP contribution is 2.39. The Kier molecular flexibility index (Phi) is 7.33. The van der Waals surface area contributed by atoms with E-state index in [9.17, 15) is 18.4 Å². The Balaban J connectivity index is 1.53. The van der Waals surface area contributed by atoms with Crippen LogP contribution in [0.3, 0.4) is 0 Å². The molecule has 34 heavy (non-hydrogen) atoms. The maximum atomic E-state index is 14.0. The SMILES string of the molecule is COc1cc(/C=C2\SC(=O)N(Cc3ccccc3F)C2=O)cc(Br)c1OCc1ccc(F)cc1. The molecule has 1 saturated heterocycles. The molecule has 0 N–H and O–H groups in total. The quantitative estimate of drug-likeness (QED) is 0.315. The molecule has 1 aliphatic heterocycles. The monoisotopic (exact) mass is 545 g/mol. The lowest BCUT2D eigenvalue weighted by Crippen LogP contribution is -2.27. The van der Waals surface area contributed by atoms with Crippen molar-refractivity contribution < 1.29 is 27.8 Å². The number of halogens is 3. The molecule has 0 radical (unpaired) electrons. The maximum absolute atomic E-state index is 14.0. The summed E-state index contributed by atoms with van der Waals surface area (Å²) in [5.41, 5.74) is 1.65. The summed E-state index contributed by atoms with van der Waals surface area (Å²) >= 11 is 4.25. The third-order valence-corrected chi connectivity index (χ3v) is 6.50. The number of hydrogen-bond acceptors (Lipinski definition) is 5. The number of hydrogen-bond donors (Lipinski definition) is 0. The van der Waals surface area contributed by atoms with E-state index in [4.69, 9.17) is 9.47 Å². The molecule has 5 nitrogen and oxygen atoms in total. The van der Waals surface area contributed by atoms with Crippen LogP contribution in [0.2, 0.25) is 0 Å². The standard InChI is InChI=1S/C25H18BrF2NO4S/c1-32-21-11-16(10-19(26)23(21)33-14-15-6-8-18(27)9-7-15)12-22-24(30)29(25(31)34-22)13-17-4-2-3-5-20(17)28/h2-12H,13-14H2,1H3/b22-12-. The molecule has 0 bridgehead atoms. The van der Waals surface area contributed by atoms with Crippen molar-refractivity contribution in [2.75, 3.05) is 7.11 Å². The number of benzene rings is 3. The minimum atomic E-state index is -0.495. The molecule has 3 aromatic rings. The Bertz CT molecular complexity index is 1280. The smallest absolute Gasteiger partial charge is 0.293 e. The number of nitrogens with zero attached hydrogens (tertiary/aromatic N) is 1. The van der Waals surface area contributed by atoms with Crippen LogP contribution >= 0.6 is 27.7 Å². The van der Waals surface area contributed by atoms with Gasteiger partial charge in [-0.2, -0.15) is 0 Å². The Labute approximate surface area is 207 Å². The molecule has 174 valence electrons.